The Labute approximate surface area is 155 Å². The van der Waals surface area contributed by atoms with Gasteiger partial charge in [0, 0.05) is 11.4 Å². The first-order chi connectivity index (χ1) is 12.7. The molecule has 0 aliphatic carbocycles. The largest absolute Gasteiger partial charge is 0.483 e. The molecular weight excluding hydrogens is 326 g/mol. The molecule has 2 N–H and O–H groups in total. The van der Waals surface area contributed by atoms with E-state index in [4.69, 9.17) is 4.74 Å². The number of anilines is 2. The lowest BCUT2D eigenvalue weighted by molar-refractivity contribution is -0.898. The van der Waals surface area contributed by atoms with Crippen molar-refractivity contribution in [3.8, 4) is 5.75 Å². The summed E-state index contributed by atoms with van der Waals surface area (Å²) < 4.78 is 5.59. The Hall–Kier alpha value is -2.53. The molecule has 1 heterocycles. The molecule has 2 aromatic rings. The Kier molecular flexibility index (Phi) is 6.12. The van der Waals surface area contributed by atoms with Gasteiger partial charge in [-0.2, -0.15) is 0 Å². The molecule has 1 amide bonds. The summed E-state index contributed by atoms with van der Waals surface area (Å²) in [6.45, 7) is 9.95. The number of likely N-dealkylation sites (N-methyl/N-ethyl adjacent to an activating group) is 1. The van der Waals surface area contributed by atoms with Gasteiger partial charge in [-0.1, -0.05) is 18.2 Å². The molecule has 5 nitrogen and oxygen atoms in total. The van der Waals surface area contributed by atoms with Crippen molar-refractivity contribution in [1.82, 2.24) is 0 Å². The lowest BCUT2D eigenvalue weighted by Crippen LogP contribution is -3.14. The summed E-state index contributed by atoms with van der Waals surface area (Å²) in [6, 6.07) is 15.8. The monoisotopic (exact) mass is 354 g/mol. The second-order valence-electron chi connectivity index (χ2n) is 6.74. The number of hydrogen-bond donors (Lipinski definition) is 2. The van der Waals surface area contributed by atoms with Gasteiger partial charge in [-0.25, -0.2) is 0 Å². The van der Waals surface area contributed by atoms with E-state index in [9.17, 15) is 4.79 Å². The minimum Gasteiger partial charge on any atom is -0.483 e. The highest BCUT2D eigenvalue weighted by atomic mass is 16.5. The molecule has 1 aliphatic heterocycles. The van der Waals surface area contributed by atoms with Crippen molar-refractivity contribution in [3.05, 3.63) is 54.1 Å². The van der Waals surface area contributed by atoms with Gasteiger partial charge < -0.3 is 19.9 Å². The van der Waals surface area contributed by atoms with Crippen LogP contribution in [0.1, 0.15) is 12.5 Å². The SMILES string of the molecule is CC[NH+]1CCN(c2ccc(NC(=O)COc3ccccc3C)cc2)CC1. The maximum atomic E-state index is 12.1. The molecule has 138 valence electrons. The van der Waals surface area contributed by atoms with Crippen LogP contribution in [0.3, 0.4) is 0 Å². The molecule has 1 fully saturated rings. The van der Waals surface area contributed by atoms with E-state index in [0.717, 1.165) is 30.1 Å². The van der Waals surface area contributed by atoms with Crippen LogP contribution >= 0.6 is 0 Å². The number of carbonyl (C=O) groups is 1. The second kappa shape index (κ2) is 8.72. The molecule has 5 heteroatoms. The van der Waals surface area contributed by atoms with Gasteiger partial charge in [0.25, 0.3) is 5.91 Å². The van der Waals surface area contributed by atoms with E-state index < -0.39 is 0 Å². The van der Waals surface area contributed by atoms with E-state index in [2.05, 4.69) is 29.3 Å². The van der Waals surface area contributed by atoms with Gasteiger partial charge >= 0.3 is 0 Å². The molecule has 0 bridgehead atoms. The van der Waals surface area contributed by atoms with E-state index in [1.54, 1.807) is 4.90 Å². The number of ether oxygens (including phenoxy) is 1. The van der Waals surface area contributed by atoms with Crippen LogP contribution in [0, 0.1) is 6.92 Å². The number of benzene rings is 2. The Morgan fingerprint density at radius 3 is 2.46 bits per heavy atom. The van der Waals surface area contributed by atoms with E-state index in [-0.39, 0.29) is 12.5 Å². The first-order valence-corrected chi connectivity index (χ1v) is 9.32. The Balaban J connectivity index is 1.49. The molecule has 2 aromatic carbocycles. The van der Waals surface area contributed by atoms with Crippen LogP contribution in [0.15, 0.2) is 48.5 Å². The third-order valence-corrected chi connectivity index (χ3v) is 4.94. The van der Waals surface area contributed by atoms with Crippen LogP contribution in [0.2, 0.25) is 0 Å². The first-order valence-electron chi connectivity index (χ1n) is 9.32. The maximum absolute atomic E-state index is 12.1. The summed E-state index contributed by atoms with van der Waals surface area (Å²) in [5.41, 5.74) is 3.04. The van der Waals surface area contributed by atoms with Crippen LogP contribution in [0.4, 0.5) is 11.4 Å². The normalized spacial score (nSPS) is 14.9. The quantitative estimate of drug-likeness (QED) is 0.831. The fourth-order valence-electron chi connectivity index (χ4n) is 3.25. The number of amides is 1. The second-order valence-corrected chi connectivity index (χ2v) is 6.74. The molecule has 0 atom stereocenters. The first kappa shape index (κ1) is 18.3. The summed E-state index contributed by atoms with van der Waals surface area (Å²) >= 11 is 0. The molecule has 0 unspecified atom stereocenters. The molecule has 1 aliphatic rings. The number of hydrogen-bond acceptors (Lipinski definition) is 3. The van der Waals surface area contributed by atoms with Gasteiger partial charge in [0.05, 0.1) is 32.7 Å². The highest BCUT2D eigenvalue weighted by Gasteiger charge is 2.18. The van der Waals surface area contributed by atoms with Gasteiger partial charge in [-0.15, -0.1) is 0 Å². The number of nitrogens with one attached hydrogen (secondary N) is 2. The zero-order chi connectivity index (χ0) is 18.4. The molecule has 0 saturated carbocycles. The smallest absolute Gasteiger partial charge is 0.262 e. The predicted molar refractivity (Wildman–Crippen MR) is 105 cm³/mol. The van der Waals surface area contributed by atoms with Crippen molar-refractivity contribution in [1.29, 1.82) is 0 Å². The summed E-state index contributed by atoms with van der Waals surface area (Å²) in [4.78, 5) is 16.2. The van der Waals surface area contributed by atoms with Crippen LogP contribution < -0.4 is 19.9 Å². The molecule has 0 spiro atoms. The predicted octanol–water partition coefficient (Wildman–Crippen LogP) is 1.74. The fraction of sp³-hybridized carbons (Fsp3) is 0.381. The van der Waals surface area contributed by atoms with Crippen molar-refractivity contribution >= 4 is 17.3 Å². The summed E-state index contributed by atoms with van der Waals surface area (Å²) in [5.74, 6) is 0.590. The number of quaternary nitrogens is 1. The summed E-state index contributed by atoms with van der Waals surface area (Å²) in [6.07, 6.45) is 0. The van der Waals surface area contributed by atoms with Gasteiger partial charge in [0.2, 0.25) is 0 Å². The fourth-order valence-corrected chi connectivity index (χ4v) is 3.25. The average Bonchev–Trinajstić information content (AvgIpc) is 2.68. The molecule has 26 heavy (non-hydrogen) atoms. The van der Waals surface area contributed by atoms with Crippen LogP contribution in [0.25, 0.3) is 0 Å². The third kappa shape index (κ3) is 4.76. The van der Waals surface area contributed by atoms with Crippen LogP contribution in [-0.4, -0.2) is 45.2 Å². The van der Waals surface area contributed by atoms with Crippen molar-refractivity contribution < 1.29 is 14.4 Å². The third-order valence-electron chi connectivity index (χ3n) is 4.94. The van der Waals surface area contributed by atoms with Crippen molar-refractivity contribution in [2.75, 3.05) is 49.5 Å². The topological polar surface area (TPSA) is 46.0 Å². The van der Waals surface area contributed by atoms with Crippen molar-refractivity contribution in [3.63, 3.8) is 0 Å². The Morgan fingerprint density at radius 2 is 1.81 bits per heavy atom. The average molecular weight is 354 g/mol. The maximum Gasteiger partial charge on any atom is 0.262 e. The zero-order valence-electron chi connectivity index (χ0n) is 15.6. The summed E-state index contributed by atoms with van der Waals surface area (Å²) in [5, 5.41) is 2.89. The molecule has 3 rings (SSSR count). The van der Waals surface area contributed by atoms with Crippen molar-refractivity contribution in [2.45, 2.75) is 13.8 Å². The molecule has 0 radical (unpaired) electrons. The Morgan fingerprint density at radius 1 is 1.12 bits per heavy atom. The summed E-state index contributed by atoms with van der Waals surface area (Å²) in [7, 11) is 0. The number of rotatable bonds is 6. The molecule has 0 aromatic heterocycles. The van der Waals surface area contributed by atoms with Gasteiger partial charge in [0.15, 0.2) is 6.61 Å². The van der Waals surface area contributed by atoms with E-state index >= 15 is 0 Å². The van der Waals surface area contributed by atoms with E-state index in [1.807, 2.05) is 43.3 Å². The van der Waals surface area contributed by atoms with Crippen molar-refractivity contribution in [2.24, 2.45) is 0 Å². The number of para-hydroxylation sites is 1. The van der Waals surface area contributed by atoms with Crippen LogP contribution in [0.5, 0.6) is 5.75 Å². The lowest BCUT2D eigenvalue weighted by Gasteiger charge is -2.33. The van der Waals surface area contributed by atoms with Gasteiger partial charge in [-0.05, 0) is 49.7 Å². The minimum absolute atomic E-state index is 0.00829. The number of nitrogens with zero attached hydrogens (tertiary/aromatic N) is 1. The standard InChI is InChI=1S/C21H27N3O2/c1-3-23-12-14-24(15-13-23)19-10-8-18(9-11-19)22-21(25)16-26-20-7-5-4-6-17(20)2/h4-11H,3,12-16H2,1-2H3,(H,22,25)/p+1. The molecular formula is C21H28N3O2+. The van der Waals surface area contributed by atoms with E-state index in [1.165, 1.54) is 25.3 Å². The number of aryl methyl sites for hydroxylation is 1. The van der Waals surface area contributed by atoms with Crippen LogP contribution in [-0.2, 0) is 4.79 Å². The highest BCUT2D eigenvalue weighted by molar-refractivity contribution is 5.92. The lowest BCUT2D eigenvalue weighted by atomic mass is 10.2. The molecule has 1 saturated heterocycles. The number of carbonyl (C=O) groups excluding carboxylic acids is 1. The highest BCUT2D eigenvalue weighted by Crippen LogP contribution is 2.19. The zero-order valence-corrected chi connectivity index (χ0v) is 15.6. The number of piperazine rings is 1. The van der Waals surface area contributed by atoms with Gasteiger partial charge in [0.1, 0.15) is 5.75 Å². The minimum atomic E-state index is -0.152. The van der Waals surface area contributed by atoms with Gasteiger partial charge in [-0.3, -0.25) is 4.79 Å². The van der Waals surface area contributed by atoms with E-state index in [0.29, 0.717) is 0 Å². The Bertz CT molecular complexity index is 722.